The molecule has 0 atom stereocenters. The molecule has 2 aromatic carbocycles. The molecular weight excluding hydrogens is 419 g/mol. The third-order valence-electron chi connectivity index (χ3n) is 4.41. The van der Waals surface area contributed by atoms with Crippen LogP contribution in [0.4, 0.5) is 10.1 Å². The summed E-state index contributed by atoms with van der Waals surface area (Å²) in [6.45, 7) is 0.740. The lowest BCUT2D eigenvalue weighted by Crippen LogP contribution is -2.14. The number of ether oxygens (including phenoxy) is 1. The second kappa shape index (κ2) is 9.40. The van der Waals surface area contributed by atoms with Gasteiger partial charge < -0.3 is 10.1 Å². The third kappa shape index (κ3) is 5.67. The summed E-state index contributed by atoms with van der Waals surface area (Å²) in [5.41, 5.74) is 2.50. The van der Waals surface area contributed by atoms with Crippen LogP contribution in [0, 0.1) is 5.82 Å². The molecule has 0 saturated carbocycles. The second-order valence-electron chi connectivity index (χ2n) is 6.80. The van der Waals surface area contributed by atoms with Crippen molar-refractivity contribution in [1.29, 1.82) is 0 Å². The van der Waals surface area contributed by atoms with E-state index < -0.39 is 0 Å². The van der Waals surface area contributed by atoms with Gasteiger partial charge in [0.1, 0.15) is 23.9 Å². The van der Waals surface area contributed by atoms with Gasteiger partial charge in [0.05, 0.1) is 18.4 Å². The van der Waals surface area contributed by atoms with Crippen molar-refractivity contribution < 1.29 is 13.9 Å². The zero-order valence-electron chi connectivity index (χ0n) is 16.3. The summed E-state index contributed by atoms with van der Waals surface area (Å²) in [6, 6.07) is 16.7. The van der Waals surface area contributed by atoms with Crippen molar-refractivity contribution in [2.45, 2.75) is 13.2 Å². The van der Waals surface area contributed by atoms with Crippen LogP contribution in [0.3, 0.4) is 0 Å². The standard InChI is InChI=1S/C23H18ClFN4O2/c24-18-2-1-3-21(11-18)31-15-17-8-9-26-22(10-17)23(30)28-20-12-27-29(14-20)13-16-4-6-19(25)7-5-16/h1-12,14H,13,15H2,(H,28,30). The molecule has 4 aromatic rings. The fraction of sp³-hybridized carbons (Fsp3) is 0.0870. The molecule has 2 aromatic heterocycles. The van der Waals surface area contributed by atoms with E-state index in [1.165, 1.54) is 12.1 Å². The topological polar surface area (TPSA) is 69.0 Å². The van der Waals surface area contributed by atoms with Gasteiger partial charge in [-0.05, 0) is 53.6 Å². The minimum absolute atomic E-state index is 0.262. The van der Waals surface area contributed by atoms with Gasteiger partial charge in [0.2, 0.25) is 0 Å². The molecule has 1 amide bonds. The van der Waals surface area contributed by atoms with Crippen molar-refractivity contribution in [3.8, 4) is 5.75 Å². The average molecular weight is 437 g/mol. The molecule has 0 unspecified atom stereocenters. The Labute approximate surface area is 183 Å². The number of rotatable bonds is 7. The van der Waals surface area contributed by atoms with E-state index in [0.29, 0.717) is 23.0 Å². The van der Waals surface area contributed by atoms with E-state index in [1.807, 2.05) is 6.07 Å². The quantitative estimate of drug-likeness (QED) is 0.445. The van der Waals surface area contributed by atoms with Gasteiger partial charge >= 0.3 is 0 Å². The summed E-state index contributed by atoms with van der Waals surface area (Å²) in [4.78, 5) is 16.7. The van der Waals surface area contributed by atoms with Crippen LogP contribution in [0.1, 0.15) is 21.6 Å². The third-order valence-corrected chi connectivity index (χ3v) is 4.64. The van der Waals surface area contributed by atoms with Crippen molar-refractivity contribution in [3.63, 3.8) is 0 Å². The molecule has 6 nitrogen and oxygen atoms in total. The first-order valence-corrected chi connectivity index (χ1v) is 9.84. The van der Waals surface area contributed by atoms with Crippen molar-refractivity contribution in [2.24, 2.45) is 0 Å². The Morgan fingerprint density at radius 2 is 1.94 bits per heavy atom. The number of hydrogen-bond donors (Lipinski definition) is 1. The molecule has 8 heteroatoms. The van der Waals surface area contributed by atoms with Gasteiger partial charge in [0, 0.05) is 17.4 Å². The van der Waals surface area contributed by atoms with Crippen LogP contribution in [-0.4, -0.2) is 20.7 Å². The molecule has 4 rings (SSSR count). The summed E-state index contributed by atoms with van der Waals surface area (Å²) >= 11 is 5.96. The summed E-state index contributed by atoms with van der Waals surface area (Å²) < 4.78 is 20.4. The number of amides is 1. The van der Waals surface area contributed by atoms with Crippen LogP contribution >= 0.6 is 11.6 Å². The summed E-state index contributed by atoms with van der Waals surface area (Å²) in [5, 5.41) is 7.59. The van der Waals surface area contributed by atoms with E-state index >= 15 is 0 Å². The molecule has 0 spiro atoms. The minimum atomic E-state index is -0.356. The monoisotopic (exact) mass is 436 g/mol. The van der Waals surface area contributed by atoms with Gasteiger partial charge in [-0.25, -0.2) is 4.39 Å². The lowest BCUT2D eigenvalue weighted by atomic mass is 10.2. The van der Waals surface area contributed by atoms with Crippen molar-refractivity contribution in [3.05, 3.63) is 107 Å². The molecule has 0 aliphatic rings. The lowest BCUT2D eigenvalue weighted by Gasteiger charge is -2.08. The van der Waals surface area contributed by atoms with E-state index in [-0.39, 0.29) is 24.0 Å². The smallest absolute Gasteiger partial charge is 0.274 e. The average Bonchev–Trinajstić information content (AvgIpc) is 3.21. The maximum Gasteiger partial charge on any atom is 0.274 e. The molecule has 0 aliphatic carbocycles. The van der Waals surface area contributed by atoms with Gasteiger partial charge in [-0.3, -0.25) is 14.5 Å². The Morgan fingerprint density at radius 3 is 2.74 bits per heavy atom. The van der Waals surface area contributed by atoms with Crippen LogP contribution in [0.25, 0.3) is 0 Å². The fourth-order valence-corrected chi connectivity index (χ4v) is 3.08. The van der Waals surface area contributed by atoms with Crippen LogP contribution in [0.5, 0.6) is 5.75 Å². The zero-order chi connectivity index (χ0) is 21.6. The molecule has 156 valence electrons. The minimum Gasteiger partial charge on any atom is -0.489 e. The number of nitrogens with one attached hydrogen (secondary N) is 1. The van der Waals surface area contributed by atoms with Gasteiger partial charge in [-0.15, -0.1) is 0 Å². The van der Waals surface area contributed by atoms with Crippen molar-refractivity contribution in [1.82, 2.24) is 14.8 Å². The number of carbonyl (C=O) groups is 1. The first-order valence-electron chi connectivity index (χ1n) is 9.47. The second-order valence-corrected chi connectivity index (χ2v) is 7.24. The number of hydrogen-bond acceptors (Lipinski definition) is 4. The van der Waals surface area contributed by atoms with Gasteiger partial charge in [0.25, 0.3) is 5.91 Å². The normalized spacial score (nSPS) is 10.6. The first kappa shape index (κ1) is 20.6. The molecule has 31 heavy (non-hydrogen) atoms. The van der Waals surface area contributed by atoms with Crippen LogP contribution < -0.4 is 10.1 Å². The molecule has 0 bridgehead atoms. The van der Waals surface area contributed by atoms with Gasteiger partial charge in [-0.1, -0.05) is 29.8 Å². The van der Waals surface area contributed by atoms with Crippen LogP contribution in [-0.2, 0) is 13.2 Å². The number of anilines is 1. The number of benzene rings is 2. The van der Waals surface area contributed by atoms with Crippen molar-refractivity contribution in [2.75, 3.05) is 5.32 Å². The highest BCUT2D eigenvalue weighted by Gasteiger charge is 2.10. The molecule has 2 heterocycles. The Kier molecular flexibility index (Phi) is 6.24. The SMILES string of the molecule is O=C(Nc1cnn(Cc2ccc(F)cc2)c1)c1cc(COc2cccc(Cl)c2)ccn1. The van der Waals surface area contributed by atoms with E-state index in [0.717, 1.165) is 11.1 Å². The highest BCUT2D eigenvalue weighted by Crippen LogP contribution is 2.18. The largest absolute Gasteiger partial charge is 0.489 e. The Morgan fingerprint density at radius 1 is 1.10 bits per heavy atom. The Hall–Kier alpha value is -3.71. The number of halogens is 2. The predicted octanol–water partition coefficient (Wildman–Crippen LogP) is 4.95. The number of carbonyl (C=O) groups excluding carboxylic acids is 1. The van der Waals surface area contributed by atoms with Gasteiger partial charge in [0.15, 0.2) is 0 Å². The Bertz CT molecular complexity index is 1190. The fourth-order valence-electron chi connectivity index (χ4n) is 2.90. The molecule has 0 aliphatic heterocycles. The van der Waals surface area contributed by atoms with E-state index in [9.17, 15) is 9.18 Å². The first-order chi connectivity index (χ1) is 15.0. The van der Waals surface area contributed by atoms with E-state index in [4.69, 9.17) is 16.3 Å². The molecule has 0 saturated heterocycles. The number of aromatic nitrogens is 3. The predicted molar refractivity (Wildman–Crippen MR) is 116 cm³/mol. The number of nitrogens with zero attached hydrogens (tertiary/aromatic N) is 3. The molecule has 0 fully saturated rings. The number of pyridine rings is 1. The summed E-state index contributed by atoms with van der Waals surface area (Å²) in [7, 11) is 0. The van der Waals surface area contributed by atoms with Crippen molar-refractivity contribution >= 4 is 23.2 Å². The molecule has 0 radical (unpaired) electrons. The summed E-state index contributed by atoms with van der Waals surface area (Å²) in [5.74, 6) is -0.000292. The maximum absolute atomic E-state index is 13.0. The highest BCUT2D eigenvalue weighted by molar-refractivity contribution is 6.30. The lowest BCUT2D eigenvalue weighted by molar-refractivity contribution is 0.102. The van der Waals surface area contributed by atoms with E-state index in [1.54, 1.807) is 65.7 Å². The molecule has 1 N–H and O–H groups in total. The summed E-state index contributed by atoms with van der Waals surface area (Å²) in [6.07, 6.45) is 4.81. The van der Waals surface area contributed by atoms with Gasteiger partial charge in [-0.2, -0.15) is 5.10 Å². The van der Waals surface area contributed by atoms with E-state index in [2.05, 4.69) is 15.4 Å². The molecular formula is C23H18ClFN4O2. The van der Waals surface area contributed by atoms with Crippen LogP contribution in [0.2, 0.25) is 5.02 Å². The van der Waals surface area contributed by atoms with Crippen LogP contribution in [0.15, 0.2) is 79.3 Å². The highest BCUT2D eigenvalue weighted by atomic mass is 35.5. The zero-order valence-corrected chi connectivity index (χ0v) is 17.1. The Balaban J connectivity index is 1.37. The maximum atomic E-state index is 13.0.